The van der Waals surface area contributed by atoms with E-state index in [1.54, 1.807) is 24.5 Å². The fourth-order valence-corrected chi connectivity index (χ4v) is 2.49. The molecule has 6 heteroatoms. The predicted molar refractivity (Wildman–Crippen MR) is 77.9 cm³/mol. The molecule has 1 aliphatic rings. The van der Waals surface area contributed by atoms with Crippen LogP contribution in [0.15, 0.2) is 41.0 Å². The van der Waals surface area contributed by atoms with Crippen LogP contribution in [0.3, 0.4) is 0 Å². The van der Waals surface area contributed by atoms with Crippen LogP contribution in [-0.4, -0.2) is 12.6 Å². The van der Waals surface area contributed by atoms with Gasteiger partial charge in [-0.25, -0.2) is 9.18 Å². The summed E-state index contributed by atoms with van der Waals surface area (Å²) in [5.41, 5.74) is 0.798. The summed E-state index contributed by atoms with van der Waals surface area (Å²) in [5, 5.41) is 5.64. The van der Waals surface area contributed by atoms with E-state index in [0.717, 1.165) is 18.4 Å². The third-order valence-electron chi connectivity index (χ3n) is 3.55. The maximum atomic E-state index is 13.3. The van der Waals surface area contributed by atoms with E-state index in [2.05, 4.69) is 10.6 Å². The highest BCUT2D eigenvalue weighted by atomic mass is 19.1. The molecule has 5 nitrogen and oxygen atoms in total. The van der Waals surface area contributed by atoms with E-state index in [1.807, 2.05) is 0 Å². The maximum absolute atomic E-state index is 13.3. The molecule has 1 aromatic heterocycles. The Balaban J connectivity index is 1.65. The minimum absolute atomic E-state index is 0.199. The molecule has 2 amide bonds. The van der Waals surface area contributed by atoms with Crippen LogP contribution in [0.25, 0.3) is 0 Å². The van der Waals surface area contributed by atoms with Crippen molar-refractivity contribution in [2.45, 2.75) is 25.4 Å². The van der Waals surface area contributed by atoms with Crippen LogP contribution < -0.4 is 15.4 Å². The SMILES string of the molecule is O=C(NCc1ccco1)N[C@@H]1CCCOc2cc(F)ccc21. The molecular formula is C16H17FN2O3. The fourth-order valence-electron chi connectivity index (χ4n) is 2.49. The van der Waals surface area contributed by atoms with E-state index in [0.29, 0.717) is 24.7 Å². The monoisotopic (exact) mass is 304 g/mol. The second-order valence-corrected chi connectivity index (χ2v) is 5.13. The lowest BCUT2D eigenvalue weighted by atomic mass is 10.0. The Morgan fingerprint density at radius 1 is 1.36 bits per heavy atom. The molecule has 0 saturated carbocycles. The summed E-state index contributed by atoms with van der Waals surface area (Å²) in [4.78, 5) is 12.0. The number of rotatable bonds is 3. The van der Waals surface area contributed by atoms with Gasteiger partial charge in [-0.05, 0) is 31.0 Å². The lowest BCUT2D eigenvalue weighted by molar-refractivity contribution is 0.235. The first kappa shape index (κ1) is 14.4. The summed E-state index contributed by atoms with van der Waals surface area (Å²) in [6.07, 6.45) is 3.09. The van der Waals surface area contributed by atoms with Crippen LogP contribution >= 0.6 is 0 Å². The van der Waals surface area contributed by atoms with Crippen molar-refractivity contribution in [1.82, 2.24) is 10.6 Å². The van der Waals surface area contributed by atoms with Crippen molar-refractivity contribution in [3.8, 4) is 5.75 Å². The summed E-state index contributed by atoms with van der Waals surface area (Å²) < 4.78 is 24.0. The number of hydrogen-bond acceptors (Lipinski definition) is 3. The van der Waals surface area contributed by atoms with Gasteiger partial charge in [0.2, 0.25) is 0 Å². The van der Waals surface area contributed by atoms with Gasteiger partial charge >= 0.3 is 6.03 Å². The first-order chi connectivity index (χ1) is 10.7. The average molecular weight is 304 g/mol. The normalized spacial score (nSPS) is 17.0. The Bertz CT molecular complexity index is 643. The van der Waals surface area contributed by atoms with Gasteiger partial charge in [-0.1, -0.05) is 6.07 Å². The van der Waals surface area contributed by atoms with Gasteiger partial charge in [0.1, 0.15) is 17.3 Å². The Labute approximate surface area is 127 Å². The van der Waals surface area contributed by atoms with Crippen molar-refractivity contribution in [3.63, 3.8) is 0 Å². The highest BCUT2D eigenvalue weighted by Crippen LogP contribution is 2.31. The van der Waals surface area contributed by atoms with Gasteiger partial charge in [0.15, 0.2) is 0 Å². The number of carbonyl (C=O) groups excluding carboxylic acids is 1. The number of fused-ring (bicyclic) bond motifs is 1. The molecule has 22 heavy (non-hydrogen) atoms. The zero-order valence-electron chi connectivity index (χ0n) is 12.0. The third-order valence-corrected chi connectivity index (χ3v) is 3.55. The Kier molecular flexibility index (Phi) is 4.27. The zero-order valence-corrected chi connectivity index (χ0v) is 12.0. The molecule has 0 unspecified atom stereocenters. The molecule has 0 aliphatic carbocycles. The second-order valence-electron chi connectivity index (χ2n) is 5.13. The second kappa shape index (κ2) is 6.51. The molecule has 2 heterocycles. The van der Waals surface area contributed by atoms with Gasteiger partial charge in [0.25, 0.3) is 0 Å². The first-order valence-electron chi connectivity index (χ1n) is 7.21. The Morgan fingerprint density at radius 2 is 2.27 bits per heavy atom. The van der Waals surface area contributed by atoms with E-state index in [9.17, 15) is 9.18 Å². The molecule has 0 saturated heterocycles. The zero-order chi connectivity index (χ0) is 15.4. The lowest BCUT2D eigenvalue weighted by Crippen LogP contribution is -2.37. The van der Waals surface area contributed by atoms with Crippen molar-refractivity contribution >= 4 is 6.03 Å². The minimum Gasteiger partial charge on any atom is -0.493 e. The molecule has 2 N–H and O–H groups in total. The highest BCUT2D eigenvalue weighted by molar-refractivity contribution is 5.74. The summed E-state index contributed by atoms with van der Waals surface area (Å²) in [6.45, 7) is 0.834. The number of hydrogen-bond donors (Lipinski definition) is 2. The van der Waals surface area contributed by atoms with E-state index in [-0.39, 0.29) is 17.9 Å². The van der Waals surface area contributed by atoms with Crippen LogP contribution in [0.5, 0.6) is 5.75 Å². The maximum Gasteiger partial charge on any atom is 0.315 e. The molecule has 1 aromatic carbocycles. The van der Waals surface area contributed by atoms with Gasteiger partial charge in [-0.2, -0.15) is 0 Å². The van der Waals surface area contributed by atoms with Gasteiger partial charge in [-0.3, -0.25) is 0 Å². The number of ether oxygens (including phenoxy) is 1. The smallest absolute Gasteiger partial charge is 0.315 e. The van der Waals surface area contributed by atoms with Crippen molar-refractivity contribution in [2.24, 2.45) is 0 Å². The van der Waals surface area contributed by atoms with Gasteiger partial charge in [0.05, 0.1) is 25.5 Å². The molecule has 0 spiro atoms. The van der Waals surface area contributed by atoms with Crippen molar-refractivity contribution in [2.75, 3.05) is 6.61 Å². The molecule has 1 atom stereocenters. The number of benzene rings is 1. The molecule has 0 fully saturated rings. The first-order valence-corrected chi connectivity index (χ1v) is 7.21. The Hall–Kier alpha value is -2.50. The largest absolute Gasteiger partial charge is 0.493 e. The molecule has 116 valence electrons. The van der Waals surface area contributed by atoms with Crippen molar-refractivity contribution < 1.29 is 18.3 Å². The molecule has 3 rings (SSSR count). The van der Waals surface area contributed by atoms with Crippen LogP contribution in [-0.2, 0) is 6.54 Å². The van der Waals surface area contributed by atoms with Crippen LogP contribution in [0, 0.1) is 5.82 Å². The minimum atomic E-state index is -0.346. The van der Waals surface area contributed by atoms with Gasteiger partial charge in [-0.15, -0.1) is 0 Å². The van der Waals surface area contributed by atoms with E-state index in [1.165, 1.54) is 12.1 Å². The summed E-state index contributed by atoms with van der Waals surface area (Å²) >= 11 is 0. The topological polar surface area (TPSA) is 63.5 Å². The summed E-state index contributed by atoms with van der Waals surface area (Å²) in [6, 6.07) is 7.46. The van der Waals surface area contributed by atoms with E-state index >= 15 is 0 Å². The summed E-state index contributed by atoms with van der Waals surface area (Å²) in [7, 11) is 0. The summed E-state index contributed by atoms with van der Waals surface area (Å²) in [5.74, 6) is 0.831. The van der Waals surface area contributed by atoms with Crippen LogP contribution in [0.4, 0.5) is 9.18 Å². The highest BCUT2D eigenvalue weighted by Gasteiger charge is 2.21. The molecule has 0 radical (unpaired) electrons. The third kappa shape index (κ3) is 3.39. The van der Waals surface area contributed by atoms with Gasteiger partial charge in [0, 0.05) is 11.6 Å². The van der Waals surface area contributed by atoms with Gasteiger partial charge < -0.3 is 19.8 Å². The predicted octanol–water partition coefficient (Wildman–Crippen LogP) is 3.13. The number of urea groups is 1. The standard InChI is InChI=1S/C16H17FN2O3/c17-11-5-6-13-14(4-2-8-22-15(13)9-11)19-16(20)18-10-12-3-1-7-21-12/h1,3,5-7,9,14H,2,4,8,10H2,(H2,18,19,20)/t14-/m1/s1. The van der Waals surface area contributed by atoms with Crippen LogP contribution in [0.1, 0.15) is 30.2 Å². The quantitative estimate of drug-likeness (QED) is 0.915. The molecule has 0 bridgehead atoms. The fraction of sp³-hybridized carbons (Fsp3) is 0.312. The molecular weight excluding hydrogens is 287 g/mol. The molecule has 1 aliphatic heterocycles. The number of halogens is 1. The number of nitrogens with one attached hydrogen (secondary N) is 2. The van der Waals surface area contributed by atoms with E-state index in [4.69, 9.17) is 9.15 Å². The number of furan rings is 1. The van der Waals surface area contributed by atoms with Crippen molar-refractivity contribution in [3.05, 3.63) is 53.7 Å². The van der Waals surface area contributed by atoms with E-state index < -0.39 is 0 Å². The van der Waals surface area contributed by atoms with Crippen LogP contribution in [0.2, 0.25) is 0 Å². The number of carbonyl (C=O) groups is 1. The Morgan fingerprint density at radius 3 is 3.09 bits per heavy atom. The number of amides is 2. The van der Waals surface area contributed by atoms with Crippen molar-refractivity contribution in [1.29, 1.82) is 0 Å². The lowest BCUT2D eigenvalue weighted by Gasteiger charge is -2.18. The average Bonchev–Trinajstić information content (AvgIpc) is 2.95. The molecule has 2 aromatic rings.